The Bertz CT molecular complexity index is 143. The summed E-state index contributed by atoms with van der Waals surface area (Å²) in [6.07, 6.45) is 0. The summed E-state index contributed by atoms with van der Waals surface area (Å²) in [4.78, 5) is 0. The van der Waals surface area contributed by atoms with Gasteiger partial charge in [0.2, 0.25) is 0 Å². The number of benzene rings is 1. The number of hydrogen-bond acceptors (Lipinski definition) is 0. The van der Waals surface area contributed by atoms with E-state index in [4.69, 9.17) is 0 Å². The predicted octanol–water partition coefficient (Wildman–Crippen LogP) is 2.86. The van der Waals surface area contributed by atoms with Crippen LogP contribution in [-0.2, 0) is 19.5 Å². The first-order valence-corrected chi connectivity index (χ1v) is 2.80. The molecule has 0 aromatic heterocycles. The molecule has 0 unspecified atom stereocenters. The van der Waals surface area contributed by atoms with Crippen LogP contribution in [0.3, 0.4) is 0 Å². The minimum Gasteiger partial charge on any atom is -0.183 e. The molecular weight excluding hydrogens is 344 g/mol. The van der Waals surface area contributed by atoms with Crippen LogP contribution in [0.15, 0.2) is 28.7 Å². The molecule has 0 spiro atoms. The Balaban J connectivity index is 0. The van der Waals surface area contributed by atoms with Gasteiger partial charge in [0.05, 0.1) is 0 Å². The maximum absolute atomic E-state index is 3.28. The fourth-order valence-electron chi connectivity index (χ4n) is 0.371. The molecule has 0 amide bonds. The third-order valence-corrected chi connectivity index (χ3v) is 1.16. The molecule has 0 aliphatic carbocycles. The van der Waals surface area contributed by atoms with Gasteiger partial charge in [0.25, 0.3) is 0 Å². The molecule has 1 rings (SSSR count). The van der Waals surface area contributed by atoms with Crippen LogP contribution < -0.4 is 0 Å². The fraction of sp³-hybridized carbons (Fsp3) is 0. The minimum atomic E-state index is 0. The molecular formula is C6H5BrIZn-. The first-order valence-electron chi connectivity index (χ1n) is 2.01. The fourth-order valence-corrected chi connectivity index (χ4v) is 0.656. The molecule has 0 radical (unpaired) electrons. The average molecular weight is 349 g/mol. The third-order valence-electron chi connectivity index (χ3n) is 0.669. The van der Waals surface area contributed by atoms with E-state index in [2.05, 4.69) is 22.0 Å². The van der Waals surface area contributed by atoms with Gasteiger partial charge in [-0.3, -0.25) is 0 Å². The number of hydrogen-bond donors (Lipinski definition) is 0. The average Bonchev–Trinajstić information content (AvgIpc) is 1.69. The van der Waals surface area contributed by atoms with Crippen molar-refractivity contribution in [3.05, 3.63) is 34.8 Å². The molecule has 1 aromatic carbocycles. The SMILES string of the molecule is Brc1c[c-]ccc1.I.[Zn]. The van der Waals surface area contributed by atoms with Gasteiger partial charge in [-0.15, -0.1) is 39.9 Å². The van der Waals surface area contributed by atoms with Crippen molar-refractivity contribution in [1.29, 1.82) is 0 Å². The summed E-state index contributed by atoms with van der Waals surface area (Å²) < 4.78 is 1.08. The van der Waals surface area contributed by atoms with Crippen LogP contribution in [0.1, 0.15) is 0 Å². The quantitative estimate of drug-likeness (QED) is 0.384. The van der Waals surface area contributed by atoms with Crippen LogP contribution in [0.5, 0.6) is 0 Å². The molecule has 1 aromatic rings. The summed E-state index contributed by atoms with van der Waals surface area (Å²) in [5.41, 5.74) is 0. The van der Waals surface area contributed by atoms with E-state index in [9.17, 15) is 0 Å². The first-order chi connectivity index (χ1) is 3.39. The Morgan fingerprint density at radius 3 is 2.33 bits per heavy atom. The second-order valence-electron chi connectivity index (χ2n) is 1.22. The van der Waals surface area contributed by atoms with Crippen LogP contribution in [0.2, 0.25) is 0 Å². The first kappa shape index (κ1) is 12.7. The summed E-state index contributed by atoms with van der Waals surface area (Å²) in [6.45, 7) is 0. The summed E-state index contributed by atoms with van der Waals surface area (Å²) in [6, 6.07) is 10.6. The Kier molecular flexibility index (Phi) is 10.1. The molecule has 0 saturated carbocycles. The van der Waals surface area contributed by atoms with Gasteiger partial charge in [0, 0.05) is 19.5 Å². The summed E-state index contributed by atoms with van der Waals surface area (Å²) in [7, 11) is 0. The maximum Gasteiger partial charge on any atom is 0 e. The molecule has 0 bridgehead atoms. The van der Waals surface area contributed by atoms with E-state index in [1.165, 1.54) is 0 Å². The smallest absolute Gasteiger partial charge is 0 e. The van der Waals surface area contributed by atoms with Crippen LogP contribution in [0, 0.1) is 6.07 Å². The molecule has 3 heteroatoms. The largest absolute Gasteiger partial charge is 0.183 e. The van der Waals surface area contributed by atoms with Gasteiger partial charge in [0.1, 0.15) is 0 Å². The molecule has 0 atom stereocenters. The molecule has 46 valence electrons. The molecule has 0 nitrogen and oxygen atoms in total. The monoisotopic (exact) mass is 347 g/mol. The van der Waals surface area contributed by atoms with Crippen molar-refractivity contribution in [2.24, 2.45) is 0 Å². The van der Waals surface area contributed by atoms with E-state index in [1.54, 1.807) is 0 Å². The van der Waals surface area contributed by atoms with Gasteiger partial charge in [-0.05, 0) is 0 Å². The van der Waals surface area contributed by atoms with Gasteiger partial charge in [-0.25, -0.2) is 0 Å². The Morgan fingerprint density at radius 2 is 2.11 bits per heavy atom. The molecule has 0 aliphatic heterocycles. The number of rotatable bonds is 0. The van der Waals surface area contributed by atoms with E-state index in [0.29, 0.717) is 0 Å². The van der Waals surface area contributed by atoms with Gasteiger partial charge in [-0.2, -0.15) is 30.3 Å². The number of halogens is 2. The second-order valence-corrected chi connectivity index (χ2v) is 2.14. The zero-order valence-corrected chi connectivity index (χ0v) is 11.7. The van der Waals surface area contributed by atoms with Crippen molar-refractivity contribution in [2.45, 2.75) is 0 Å². The zero-order chi connectivity index (χ0) is 5.11. The second kappa shape index (κ2) is 7.16. The topological polar surface area (TPSA) is 0 Å². The van der Waals surface area contributed by atoms with Crippen molar-refractivity contribution in [3.8, 4) is 0 Å². The summed E-state index contributed by atoms with van der Waals surface area (Å²) in [5, 5.41) is 0. The van der Waals surface area contributed by atoms with Crippen LogP contribution in [0.4, 0.5) is 0 Å². The summed E-state index contributed by atoms with van der Waals surface area (Å²) >= 11 is 3.28. The van der Waals surface area contributed by atoms with Crippen molar-refractivity contribution in [1.82, 2.24) is 0 Å². The molecule has 0 N–H and O–H groups in total. The van der Waals surface area contributed by atoms with E-state index < -0.39 is 0 Å². The third kappa shape index (κ3) is 5.50. The summed E-state index contributed by atoms with van der Waals surface area (Å²) in [5.74, 6) is 0. The van der Waals surface area contributed by atoms with Crippen LogP contribution in [0.25, 0.3) is 0 Å². The van der Waals surface area contributed by atoms with Crippen LogP contribution in [-0.4, -0.2) is 0 Å². The Hall–Kier alpha value is 1.05. The van der Waals surface area contributed by atoms with Gasteiger partial charge in [0.15, 0.2) is 0 Å². The standard InChI is InChI=1S/C6H4Br.HI.Zn/c7-6-4-2-1-3-5-6;;/h1-2,4-5H;1H;/q-1;;. The molecule has 0 aliphatic rings. The molecule has 0 heterocycles. The van der Waals surface area contributed by atoms with Crippen LogP contribution >= 0.6 is 39.9 Å². The van der Waals surface area contributed by atoms with E-state index >= 15 is 0 Å². The predicted molar refractivity (Wildman–Crippen MR) is 48.4 cm³/mol. The van der Waals surface area contributed by atoms with E-state index in [-0.39, 0.29) is 43.5 Å². The zero-order valence-electron chi connectivity index (χ0n) is 4.80. The Labute approximate surface area is 93.3 Å². The normalized spacial score (nSPS) is 6.78. The minimum absolute atomic E-state index is 0. The van der Waals surface area contributed by atoms with E-state index in [0.717, 1.165) is 4.47 Å². The Morgan fingerprint density at radius 1 is 1.44 bits per heavy atom. The van der Waals surface area contributed by atoms with Crippen molar-refractivity contribution in [3.63, 3.8) is 0 Å². The molecule has 9 heavy (non-hydrogen) atoms. The molecule has 0 saturated heterocycles. The van der Waals surface area contributed by atoms with Gasteiger partial charge in [-0.1, -0.05) is 4.47 Å². The van der Waals surface area contributed by atoms with E-state index in [1.807, 2.05) is 24.3 Å². The van der Waals surface area contributed by atoms with Gasteiger partial charge < -0.3 is 0 Å². The maximum atomic E-state index is 3.28. The van der Waals surface area contributed by atoms with Crippen molar-refractivity contribution < 1.29 is 19.5 Å². The van der Waals surface area contributed by atoms with Crippen molar-refractivity contribution in [2.75, 3.05) is 0 Å². The molecule has 0 fully saturated rings. The van der Waals surface area contributed by atoms with Gasteiger partial charge >= 0.3 is 0 Å². The van der Waals surface area contributed by atoms with Crippen molar-refractivity contribution >= 4 is 39.9 Å².